The number of hydrogen-bond acceptors (Lipinski definition) is 7. The summed E-state index contributed by atoms with van der Waals surface area (Å²) in [4.78, 5) is 23.2. The zero-order valence-corrected chi connectivity index (χ0v) is 19.5. The SMILES string of the molecule is CCO[Si](CCCCCC(=O)Oc1ccc(/C=C/C(=O)OC)cc1)(OCC)OCC. The average molecular weight is 439 g/mol. The fraction of sp³-hybridized carbons (Fsp3) is 0.545. The van der Waals surface area contributed by atoms with Crippen molar-refractivity contribution in [2.75, 3.05) is 26.9 Å². The zero-order valence-electron chi connectivity index (χ0n) is 18.5. The third-order valence-corrected chi connectivity index (χ3v) is 7.33. The molecule has 0 aliphatic heterocycles. The highest BCUT2D eigenvalue weighted by molar-refractivity contribution is 6.60. The quantitative estimate of drug-likeness (QED) is 0.132. The van der Waals surface area contributed by atoms with Crippen molar-refractivity contribution < 1.29 is 32.3 Å². The van der Waals surface area contributed by atoms with Crippen LogP contribution in [-0.4, -0.2) is 47.7 Å². The minimum atomic E-state index is -2.61. The Labute approximate surface area is 180 Å². The van der Waals surface area contributed by atoms with Crippen molar-refractivity contribution >= 4 is 26.8 Å². The summed E-state index contributed by atoms with van der Waals surface area (Å²) in [7, 11) is -1.28. The van der Waals surface area contributed by atoms with Crippen molar-refractivity contribution in [1.29, 1.82) is 0 Å². The molecular weight excluding hydrogens is 404 g/mol. The van der Waals surface area contributed by atoms with Gasteiger partial charge in [0.15, 0.2) is 0 Å². The van der Waals surface area contributed by atoms with Gasteiger partial charge in [-0.2, -0.15) is 0 Å². The summed E-state index contributed by atoms with van der Waals surface area (Å²) in [5, 5.41) is 0. The molecule has 168 valence electrons. The Kier molecular flexibility index (Phi) is 12.9. The van der Waals surface area contributed by atoms with Crippen molar-refractivity contribution in [3.63, 3.8) is 0 Å². The topological polar surface area (TPSA) is 80.3 Å². The highest BCUT2D eigenvalue weighted by atomic mass is 28.4. The van der Waals surface area contributed by atoms with Crippen molar-refractivity contribution in [2.24, 2.45) is 0 Å². The Morgan fingerprint density at radius 2 is 1.50 bits per heavy atom. The van der Waals surface area contributed by atoms with Gasteiger partial charge in [-0.1, -0.05) is 18.6 Å². The number of methoxy groups -OCH3 is 1. The van der Waals surface area contributed by atoms with Crippen LogP contribution in [0.3, 0.4) is 0 Å². The molecule has 0 spiro atoms. The number of carbonyl (C=O) groups excluding carboxylic acids is 2. The van der Waals surface area contributed by atoms with Gasteiger partial charge in [0.25, 0.3) is 0 Å². The number of esters is 2. The lowest BCUT2D eigenvalue weighted by Gasteiger charge is -2.28. The predicted octanol–water partition coefficient (Wildman–Crippen LogP) is 4.39. The molecule has 1 aromatic rings. The monoisotopic (exact) mass is 438 g/mol. The number of unbranched alkanes of at least 4 members (excludes halogenated alkanes) is 2. The highest BCUT2D eigenvalue weighted by Crippen LogP contribution is 2.21. The molecule has 0 amide bonds. The molecule has 0 fully saturated rings. The second-order valence-electron chi connectivity index (χ2n) is 6.44. The average Bonchev–Trinajstić information content (AvgIpc) is 2.73. The molecule has 1 rings (SSSR count). The van der Waals surface area contributed by atoms with Crippen molar-refractivity contribution in [3.8, 4) is 5.75 Å². The number of hydrogen-bond donors (Lipinski definition) is 0. The van der Waals surface area contributed by atoms with E-state index in [1.54, 1.807) is 30.3 Å². The largest absolute Gasteiger partial charge is 0.500 e. The Morgan fingerprint density at radius 1 is 0.900 bits per heavy atom. The molecule has 0 bridgehead atoms. The van der Waals surface area contributed by atoms with Gasteiger partial charge in [0.05, 0.1) is 7.11 Å². The van der Waals surface area contributed by atoms with E-state index in [1.165, 1.54) is 13.2 Å². The van der Waals surface area contributed by atoms with Gasteiger partial charge in [0.1, 0.15) is 5.75 Å². The Hall–Kier alpha value is -2.00. The number of ether oxygens (including phenoxy) is 2. The van der Waals surface area contributed by atoms with Gasteiger partial charge in [-0.25, -0.2) is 4.79 Å². The van der Waals surface area contributed by atoms with E-state index < -0.39 is 14.8 Å². The van der Waals surface area contributed by atoms with Crippen LogP contribution in [0.5, 0.6) is 5.75 Å². The summed E-state index contributed by atoms with van der Waals surface area (Å²) >= 11 is 0. The van der Waals surface area contributed by atoms with Crippen molar-refractivity contribution in [2.45, 2.75) is 52.5 Å². The molecule has 0 radical (unpaired) electrons. The molecule has 0 saturated carbocycles. The van der Waals surface area contributed by atoms with E-state index in [4.69, 9.17) is 18.0 Å². The molecule has 0 aromatic heterocycles. The van der Waals surface area contributed by atoms with Crippen LogP contribution in [0.1, 0.15) is 52.0 Å². The molecule has 8 heteroatoms. The van der Waals surface area contributed by atoms with E-state index in [1.807, 2.05) is 20.8 Å². The van der Waals surface area contributed by atoms with Gasteiger partial charge in [-0.15, -0.1) is 0 Å². The van der Waals surface area contributed by atoms with E-state index in [2.05, 4.69) is 4.74 Å². The summed E-state index contributed by atoms with van der Waals surface area (Å²) in [6.07, 6.45) is 5.79. The molecular formula is C22H34O7Si. The maximum atomic E-state index is 12.1. The molecule has 0 aliphatic carbocycles. The van der Waals surface area contributed by atoms with Crippen LogP contribution < -0.4 is 4.74 Å². The van der Waals surface area contributed by atoms with Gasteiger partial charge in [-0.05, 0) is 57.4 Å². The minimum Gasteiger partial charge on any atom is -0.466 e. The van der Waals surface area contributed by atoms with Crippen LogP contribution in [0.4, 0.5) is 0 Å². The van der Waals surface area contributed by atoms with Gasteiger partial charge in [-0.3, -0.25) is 4.79 Å². The summed E-state index contributed by atoms with van der Waals surface area (Å²) in [5.41, 5.74) is 0.811. The summed E-state index contributed by atoms with van der Waals surface area (Å²) < 4.78 is 27.4. The molecule has 0 saturated heterocycles. The molecule has 7 nitrogen and oxygen atoms in total. The van der Waals surface area contributed by atoms with Gasteiger partial charge >= 0.3 is 20.7 Å². The lowest BCUT2D eigenvalue weighted by atomic mass is 10.2. The normalized spacial score (nSPS) is 11.6. The molecule has 30 heavy (non-hydrogen) atoms. The van der Waals surface area contributed by atoms with E-state index in [9.17, 15) is 9.59 Å². The first kappa shape index (κ1) is 26.0. The van der Waals surface area contributed by atoms with Crippen LogP contribution in [0.15, 0.2) is 30.3 Å². The van der Waals surface area contributed by atoms with Crippen molar-refractivity contribution in [1.82, 2.24) is 0 Å². The zero-order chi connectivity index (χ0) is 22.2. The molecule has 0 heterocycles. The molecule has 0 N–H and O–H groups in total. The predicted molar refractivity (Wildman–Crippen MR) is 117 cm³/mol. The van der Waals surface area contributed by atoms with Crippen LogP contribution in [0.2, 0.25) is 6.04 Å². The van der Waals surface area contributed by atoms with Crippen LogP contribution >= 0.6 is 0 Å². The summed E-state index contributed by atoms with van der Waals surface area (Å²) in [5.74, 6) is -0.212. The molecule has 0 atom stereocenters. The van der Waals surface area contributed by atoms with E-state index in [0.29, 0.717) is 32.0 Å². The lowest BCUT2D eigenvalue weighted by molar-refractivity contribution is -0.135. The van der Waals surface area contributed by atoms with E-state index >= 15 is 0 Å². The Bertz CT molecular complexity index is 641. The highest BCUT2D eigenvalue weighted by Gasteiger charge is 2.39. The summed E-state index contributed by atoms with van der Waals surface area (Å²) in [6, 6.07) is 7.67. The first-order valence-electron chi connectivity index (χ1n) is 10.5. The smallest absolute Gasteiger partial charge is 0.466 e. The number of benzene rings is 1. The fourth-order valence-corrected chi connectivity index (χ4v) is 5.54. The maximum absolute atomic E-state index is 12.1. The third kappa shape index (κ3) is 10.2. The van der Waals surface area contributed by atoms with Crippen LogP contribution in [0, 0.1) is 0 Å². The Balaban J connectivity index is 2.37. The third-order valence-electron chi connectivity index (χ3n) is 4.18. The van der Waals surface area contributed by atoms with E-state index in [0.717, 1.165) is 30.9 Å². The molecule has 0 aliphatic rings. The van der Waals surface area contributed by atoms with Gasteiger partial charge < -0.3 is 22.8 Å². The standard InChI is InChI=1S/C22H34O7Si/c1-5-26-30(27-6-2,28-7-3)18-10-8-9-11-22(24)29-20-15-12-19(13-16-20)14-17-21(23)25-4/h12-17H,5-11,18H2,1-4H3/b17-14+. The molecule has 0 unspecified atom stereocenters. The lowest BCUT2D eigenvalue weighted by Crippen LogP contribution is -2.45. The second-order valence-corrected chi connectivity index (χ2v) is 9.17. The van der Waals surface area contributed by atoms with Gasteiger partial charge in [0.2, 0.25) is 0 Å². The molecule has 1 aromatic carbocycles. The number of rotatable bonds is 15. The number of carbonyl (C=O) groups is 2. The maximum Gasteiger partial charge on any atom is 0.500 e. The fourth-order valence-electron chi connectivity index (χ4n) is 2.85. The first-order valence-corrected chi connectivity index (χ1v) is 12.4. The Morgan fingerprint density at radius 3 is 2.03 bits per heavy atom. The van der Waals surface area contributed by atoms with Crippen LogP contribution in [0.25, 0.3) is 6.08 Å². The van der Waals surface area contributed by atoms with Gasteiger partial charge in [0, 0.05) is 38.4 Å². The second kappa shape index (κ2) is 14.9. The summed E-state index contributed by atoms with van der Waals surface area (Å²) in [6.45, 7) is 7.52. The minimum absolute atomic E-state index is 0.268. The first-order chi connectivity index (χ1) is 14.5. The van der Waals surface area contributed by atoms with E-state index in [-0.39, 0.29) is 5.97 Å². The van der Waals surface area contributed by atoms with Crippen LogP contribution in [-0.2, 0) is 27.6 Å². The van der Waals surface area contributed by atoms with Crippen molar-refractivity contribution in [3.05, 3.63) is 35.9 Å².